The first-order valence-electron chi connectivity index (χ1n) is 9.98. The number of nitrogens with one attached hydrogen (secondary N) is 2. The van der Waals surface area contributed by atoms with Crippen molar-refractivity contribution in [2.45, 2.75) is 45.1 Å². The van der Waals surface area contributed by atoms with Crippen LogP contribution in [-0.2, 0) is 16.4 Å². The zero-order valence-electron chi connectivity index (χ0n) is 17.6. The summed E-state index contributed by atoms with van der Waals surface area (Å²) in [5.74, 6) is 0. The van der Waals surface area contributed by atoms with Gasteiger partial charge in [0.25, 0.3) is 0 Å². The molecular formula is C22H31N3O3S. The second kappa shape index (κ2) is 10.4. The van der Waals surface area contributed by atoms with Gasteiger partial charge in [0.1, 0.15) is 0 Å². The van der Waals surface area contributed by atoms with E-state index in [0.717, 1.165) is 12.0 Å². The van der Waals surface area contributed by atoms with Crippen LogP contribution in [-0.4, -0.2) is 38.4 Å². The largest absolute Gasteiger partial charge is 0.338 e. The fraction of sp³-hybridized carbons (Fsp3) is 0.409. The molecule has 0 fully saturated rings. The quantitative estimate of drug-likeness (QED) is 0.654. The van der Waals surface area contributed by atoms with Crippen LogP contribution >= 0.6 is 0 Å². The Morgan fingerprint density at radius 2 is 1.66 bits per heavy atom. The molecule has 2 aromatic rings. The van der Waals surface area contributed by atoms with E-state index in [1.165, 1.54) is 15.4 Å². The van der Waals surface area contributed by atoms with Gasteiger partial charge in [-0.15, -0.1) is 0 Å². The minimum absolute atomic E-state index is 0.237. The van der Waals surface area contributed by atoms with Crippen molar-refractivity contribution in [3.63, 3.8) is 0 Å². The van der Waals surface area contributed by atoms with Gasteiger partial charge in [0.05, 0.1) is 10.9 Å². The van der Waals surface area contributed by atoms with E-state index >= 15 is 0 Å². The standard InChI is InChI=1S/C22H31N3O3S/c1-5-25(6-2)29(27,28)21-13-11-20(12-14-21)18(4)24-22(26)23-16-15-19-10-8-7-9-17(19)3/h7-14,18H,5-6,15-16H2,1-4H3,(H2,23,24,26). The Hall–Kier alpha value is -2.38. The second-order valence-corrected chi connectivity index (χ2v) is 8.89. The Morgan fingerprint density at radius 3 is 2.24 bits per heavy atom. The van der Waals surface area contributed by atoms with Crippen molar-refractivity contribution in [1.29, 1.82) is 0 Å². The van der Waals surface area contributed by atoms with Crippen LogP contribution in [0.2, 0.25) is 0 Å². The summed E-state index contributed by atoms with van der Waals surface area (Å²) in [7, 11) is -3.48. The predicted octanol–water partition coefficient (Wildman–Crippen LogP) is 3.63. The molecule has 0 aliphatic carbocycles. The molecule has 0 saturated carbocycles. The van der Waals surface area contributed by atoms with E-state index < -0.39 is 10.0 Å². The summed E-state index contributed by atoms with van der Waals surface area (Å²) in [6.45, 7) is 8.97. The van der Waals surface area contributed by atoms with Crippen LogP contribution in [0.5, 0.6) is 0 Å². The fourth-order valence-electron chi connectivity index (χ4n) is 3.17. The fourth-order valence-corrected chi connectivity index (χ4v) is 4.63. The molecule has 2 amide bonds. The molecule has 0 aliphatic rings. The van der Waals surface area contributed by atoms with Crippen LogP contribution in [0.1, 0.15) is 43.5 Å². The van der Waals surface area contributed by atoms with Crippen LogP contribution in [0.4, 0.5) is 4.79 Å². The molecule has 0 radical (unpaired) electrons. The molecule has 1 unspecified atom stereocenters. The molecule has 0 saturated heterocycles. The molecule has 0 spiro atoms. The summed E-state index contributed by atoms with van der Waals surface area (Å²) >= 11 is 0. The Labute approximate surface area is 174 Å². The van der Waals surface area contributed by atoms with Crippen LogP contribution in [0.15, 0.2) is 53.4 Å². The molecule has 0 bridgehead atoms. The molecular weight excluding hydrogens is 386 g/mol. The number of aryl methyl sites for hydroxylation is 1. The lowest BCUT2D eigenvalue weighted by molar-refractivity contribution is 0.238. The lowest BCUT2D eigenvalue weighted by Gasteiger charge is -2.19. The van der Waals surface area contributed by atoms with E-state index in [1.54, 1.807) is 24.3 Å². The maximum Gasteiger partial charge on any atom is 0.315 e. The number of nitrogens with zero attached hydrogens (tertiary/aromatic N) is 1. The van der Waals surface area contributed by atoms with Crippen LogP contribution in [0.3, 0.4) is 0 Å². The summed E-state index contributed by atoms with van der Waals surface area (Å²) in [5, 5.41) is 5.76. The monoisotopic (exact) mass is 417 g/mol. The van der Waals surface area contributed by atoms with E-state index in [2.05, 4.69) is 29.7 Å². The molecule has 2 rings (SSSR count). The van der Waals surface area contributed by atoms with Gasteiger partial charge in [0.15, 0.2) is 0 Å². The third kappa shape index (κ3) is 6.05. The lowest BCUT2D eigenvalue weighted by atomic mass is 10.1. The van der Waals surface area contributed by atoms with Gasteiger partial charge in [0, 0.05) is 19.6 Å². The summed E-state index contributed by atoms with van der Waals surface area (Å²) in [6, 6.07) is 14.3. The molecule has 0 aliphatic heterocycles. The second-order valence-electron chi connectivity index (χ2n) is 6.96. The SMILES string of the molecule is CCN(CC)S(=O)(=O)c1ccc(C(C)NC(=O)NCCc2ccccc2C)cc1. The van der Waals surface area contributed by atoms with Gasteiger partial charge in [-0.05, 0) is 49.1 Å². The molecule has 158 valence electrons. The minimum atomic E-state index is -3.48. The van der Waals surface area contributed by atoms with Crippen molar-refractivity contribution in [3.05, 3.63) is 65.2 Å². The molecule has 2 N–H and O–H groups in total. The van der Waals surface area contributed by atoms with Crippen molar-refractivity contribution >= 4 is 16.1 Å². The first-order chi connectivity index (χ1) is 13.8. The number of carbonyl (C=O) groups excluding carboxylic acids is 1. The summed E-state index contributed by atoms with van der Waals surface area (Å²) in [6.07, 6.45) is 0.770. The highest BCUT2D eigenvalue weighted by Gasteiger charge is 2.21. The van der Waals surface area contributed by atoms with Gasteiger partial charge >= 0.3 is 6.03 Å². The zero-order valence-corrected chi connectivity index (χ0v) is 18.4. The normalized spacial score (nSPS) is 12.6. The topological polar surface area (TPSA) is 78.5 Å². The number of carbonyl (C=O) groups is 1. The van der Waals surface area contributed by atoms with Crippen LogP contribution in [0, 0.1) is 6.92 Å². The van der Waals surface area contributed by atoms with E-state index in [0.29, 0.717) is 19.6 Å². The minimum Gasteiger partial charge on any atom is -0.338 e. The number of urea groups is 1. The lowest BCUT2D eigenvalue weighted by Crippen LogP contribution is -2.38. The Bertz CT molecular complexity index is 907. The molecule has 0 heterocycles. The molecule has 0 aromatic heterocycles. The van der Waals surface area contributed by atoms with Gasteiger partial charge in [0.2, 0.25) is 10.0 Å². The maximum atomic E-state index is 12.6. The van der Waals surface area contributed by atoms with Crippen molar-refractivity contribution < 1.29 is 13.2 Å². The van der Waals surface area contributed by atoms with Crippen LogP contribution < -0.4 is 10.6 Å². The van der Waals surface area contributed by atoms with Gasteiger partial charge in [-0.1, -0.05) is 50.2 Å². The molecule has 6 nitrogen and oxygen atoms in total. The van der Waals surface area contributed by atoms with Crippen molar-refractivity contribution in [2.24, 2.45) is 0 Å². The number of amides is 2. The van der Waals surface area contributed by atoms with E-state index in [4.69, 9.17) is 0 Å². The van der Waals surface area contributed by atoms with E-state index in [-0.39, 0.29) is 17.0 Å². The molecule has 7 heteroatoms. The predicted molar refractivity (Wildman–Crippen MR) is 116 cm³/mol. The smallest absolute Gasteiger partial charge is 0.315 e. The van der Waals surface area contributed by atoms with Crippen molar-refractivity contribution in [2.75, 3.05) is 19.6 Å². The van der Waals surface area contributed by atoms with Gasteiger partial charge in [-0.25, -0.2) is 13.2 Å². The Morgan fingerprint density at radius 1 is 1.03 bits per heavy atom. The Balaban J connectivity index is 1.91. The number of rotatable bonds is 9. The number of hydrogen-bond acceptors (Lipinski definition) is 3. The van der Waals surface area contributed by atoms with Gasteiger partial charge in [-0.3, -0.25) is 0 Å². The van der Waals surface area contributed by atoms with Gasteiger partial charge < -0.3 is 10.6 Å². The summed E-state index contributed by atoms with van der Waals surface area (Å²) < 4.78 is 26.5. The third-order valence-electron chi connectivity index (χ3n) is 5.01. The number of sulfonamides is 1. The maximum absolute atomic E-state index is 12.6. The molecule has 2 aromatic carbocycles. The Kier molecular flexibility index (Phi) is 8.22. The first kappa shape index (κ1) is 22.9. The highest BCUT2D eigenvalue weighted by atomic mass is 32.2. The summed E-state index contributed by atoms with van der Waals surface area (Å²) in [4.78, 5) is 12.4. The molecule has 29 heavy (non-hydrogen) atoms. The number of hydrogen-bond donors (Lipinski definition) is 2. The molecule has 1 atom stereocenters. The average molecular weight is 418 g/mol. The van der Waals surface area contributed by atoms with Crippen molar-refractivity contribution in [3.8, 4) is 0 Å². The highest BCUT2D eigenvalue weighted by Crippen LogP contribution is 2.19. The van der Waals surface area contributed by atoms with Gasteiger partial charge in [-0.2, -0.15) is 4.31 Å². The summed E-state index contributed by atoms with van der Waals surface area (Å²) in [5.41, 5.74) is 3.27. The van der Waals surface area contributed by atoms with Crippen LogP contribution in [0.25, 0.3) is 0 Å². The number of benzene rings is 2. The highest BCUT2D eigenvalue weighted by molar-refractivity contribution is 7.89. The average Bonchev–Trinajstić information content (AvgIpc) is 2.70. The van der Waals surface area contributed by atoms with E-state index in [1.807, 2.05) is 32.9 Å². The van der Waals surface area contributed by atoms with E-state index in [9.17, 15) is 13.2 Å². The third-order valence-corrected chi connectivity index (χ3v) is 7.08. The zero-order chi connectivity index (χ0) is 21.4. The first-order valence-corrected chi connectivity index (χ1v) is 11.4. The van der Waals surface area contributed by atoms with Crippen molar-refractivity contribution in [1.82, 2.24) is 14.9 Å².